The predicted octanol–water partition coefficient (Wildman–Crippen LogP) is 3.22. The van der Waals surface area contributed by atoms with Gasteiger partial charge in [0.25, 0.3) is 0 Å². The number of nitrogens with zero attached hydrogens (tertiary/aromatic N) is 1. The summed E-state index contributed by atoms with van der Waals surface area (Å²) in [5.41, 5.74) is 1.93. The van der Waals surface area contributed by atoms with Crippen molar-refractivity contribution in [2.24, 2.45) is 5.92 Å². The molecular formula is C19H30BNO2. The predicted molar refractivity (Wildman–Crippen MR) is 95.8 cm³/mol. The highest BCUT2D eigenvalue weighted by molar-refractivity contribution is 6.62. The second-order valence-electron chi connectivity index (χ2n) is 8.29. The maximum absolute atomic E-state index is 6.12. The molecule has 3 rings (SSSR count). The summed E-state index contributed by atoms with van der Waals surface area (Å²) in [6.07, 6.45) is 2.65. The summed E-state index contributed by atoms with van der Waals surface area (Å²) in [4.78, 5) is 2.56. The van der Waals surface area contributed by atoms with Crippen LogP contribution in [0.3, 0.4) is 0 Å². The summed E-state index contributed by atoms with van der Waals surface area (Å²) >= 11 is 0. The quantitative estimate of drug-likeness (QED) is 0.800. The number of rotatable bonds is 3. The molecule has 2 heterocycles. The van der Waals surface area contributed by atoms with Crippen molar-refractivity contribution in [3.05, 3.63) is 29.8 Å². The van der Waals surface area contributed by atoms with Crippen LogP contribution < -0.4 is 5.46 Å². The molecule has 0 aliphatic carbocycles. The van der Waals surface area contributed by atoms with E-state index in [1.165, 1.54) is 31.5 Å². The van der Waals surface area contributed by atoms with E-state index in [-0.39, 0.29) is 18.3 Å². The molecule has 4 heteroatoms. The Labute approximate surface area is 141 Å². The Bertz CT molecular complexity index is 517. The van der Waals surface area contributed by atoms with Gasteiger partial charge in [0.1, 0.15) is 0 Å². The maximum Gasteiger partial charge on any atom is 0.494 e. The second-order valence-corrected chi connectivity index (χ2v) is 8.29. The average molecular weight is 315 g/mol. The molecule has 0 aromatic heterocycles. The van der Waals surface area contributed by atoms with Gasteiger partial charge in [-0.05, 0) is 70.6 Å². The fraction of sp³-hybridized carbons (Fsp3) is 0.684. The molecule has 0 N–H and O–H groups in total. The van der Waals surface area contributed by atoms with Crippen LogP contribution in [0.25, 0.3) is 0 Å². The summed E-state index contributed by atoms with van der Waals surface area (Å²) in [5.74, 6) is 0.886. The zero-order chi connectivity index (χ0) is 16.7. The fourth-order valence-corrected chi connectivity index (χ4v) is 3.24. The largest absolute Gasteiger partial charge is 0.494 e. The molecule has 2 aliphatic rings. The third-order valence-corrected chi connectivity index (χ3v) is 5.79. The minimum Gasteiger partial charge on any atom is -0.399 e. The molecule has 0 radical (unpaired) electrons. The number of benzene rings is 1. The van der Waals surface area contributed by atoms with Crippen LogP contribution in [0, 0.1) is 5.92 Å². The van der Waals surface area contributed by atoms with E-state index in [1.54, 1.807) is 0 Å². The molecule has 0 spiro atoms. The van der Waals surface area contributed by atoms with Gasteiger partial charge in [-0.2, -0.15) is 0 Å². The lowest BCUT2D eigenvalue weighted by molar-refractivity contribution is 0.00578. The van der Waals surface area contributed by atoms with Crippen molar-refractivity contribution in [2.45, 2.75) is 65.2 Å². The lowest BCUT2D eigenvalue weighted by Crippen LogP contribution is -2.41. The van der Waals surface area contributed by atoms with Gasteiger partial charge >= 0.3 is 7.12 Å². The number of hydrogen-bond donors (Lipinski definition) is 0. The van der Waals surface area contributed by atoms with Gasteiger partial charge in [0.15, 0.2) is 0 Å². The minimum atomic E-state index is -0.277. The molecule has 0 unspecified atom stereocenters. The van der Waals surface area contributed by atoms with Crippen LogP contribution in [0.4, 0.5) is 0 Å². The Morgan fingerprint density at radius 3 is 2.04 bits per heavy atom. The molecule has 2 saturated heterocycles. The SMILES string of the molecule is CC1CCN(Cc2ccc(B3OC(C)(C)C(C)(C)O3)cc2)CC1. The molecule has 3 nitrogen and oxygen atoms in total. The van der Waals surface area contributed by atoms with Crippen molar-refractivity contribution in [2.75, 3.05) is 13.1 Å². The summed E-state index contributed by atoms with van der Waals surface area (Å²) in [5, 5.41) is 0. The summed E-state index contributed by atoms with van der Waals surface area (Å²) in [6.45, 7) is 14.2. The first-order valence-electron chi connectivity index (χ1n) is 8.94. The molecule has 0 saturated carbocycles. The van der Waals surface area contributed by atoms with Crippen LogP contribution in [-0.2, 0) is 15.9 Å². The molecule has 1 aromatic carbocycles. The van der Waals surface area contributed by atoms with Crippen LogP contribution in [-0.4, -0.2) is 36.3 Å². The Kier molecular flexibility index (Phi) is 4.61. The van der Waals surface area contributed by atoms with Gasteiger partial charge in [-0.3, -0.25) is 4.90 Å². The van der Waals surface area contributed by atoms with Gasteiger partial charge < -0.3 is 9.31 Å². The fourth-order valence-electron chi connectivity index (χ4n) is 3.24. The van der Waals surface area contributed by atoms with Gasteiger partial charge in [-0.1, -0.05) is 31.2 Å². The molecule has 0 bridgehead atoms. The highest BCUT2D eigenvalue weighted by Gasteiger charge is 2.51. The van der Waals surface area contributed by atoms with E-state index in [9.17, 15) is 0 Å². The van der Waals surface area contributed by atoms with E-state index in [4.69, 9.17) is 9.31 Å². The first-order chi connectivity index (χ1) is 10.8. The average Bonchev–Trinajstić information content (AvgIpc) is 2.71. The second kappa shape index (κ2) is 6.23. The van der Waals surface area contributed by atoms with Crippen LogP contribution in [0.15, 0.2) is 24.3 Å². The minimum absolute atomic E-state index is 0.259. The van der Waals surface area contributed by atoms with Crippen LogP contribution in [0.5, 0.6) is 0 Å². The maximum atomic E-state index is 6.12. The molecule has 23 heavy (non-hydrogen) atoms. The van der Waals surface area contributed by atoms with Crippen LogP contribution in [0.2, 0.25) is 0 Å². The highest BCUT2D eigenvalue weighted by Crippen LogP contribution is 2.36. The Balaban J connectivity index is 1.62. The third kappa shape index (κ3) is 3.65. The topological polar surface area (TPSA) is 21.7 Å². The van der Waals surface area contributed by atoms with Crippen LogP contribution >= 0.6 is 0 Å². The lowest BCUT2D eigenvalue weighted by Gasteiger charge is -2.32. The van der Waals surface area contributed by atoms with Gasteiger partial charge in [0.05, 0.1) is 11.2 Å². The van der Waals surface area contributed by atoms with E-state index in [0.717, 1.165) is 17.9 Å². The number of likely N-dealkylation sites (tertiary alicyclic amines) is 1. The molecule has 2 aliphatic heterocycles. The van der Waals surface area contributed by atoms with E-state index in [0.29, 0.717) is 0 Å². The zero-order valence-corrected chi connectivity index (χ0v) is 15.3. The first-order valence-corrected chi connectivity index (χ1v) is 8.94. The lowest BCUT2D eigenvalue weighted by atomic mass is 9.79. The number of hydrogen-bond acceptors (Lipinski definition) is 3. The summed E-state index contributed by atoms with van der Waals surface area (Å²) < 4.78 is 12.2. The Hall–Kier alpha value is -0.835. The van der Waals surface area contributed by atoms with Gasteiger partial charge in [0, 0.05) is 6.54 Å². The monoisotopic (exact) mass is 315 g/mol. The third-order valence-electron chi connectivity index (χ3n) is 5.79. The normalized spacial score (nSPS) is 25.0. The molecule has 0 amide bonds. The van der Waals surface area contributed by atoms with E-state index in [2.05, 4.69) is 63.8 Å². The molecule has 126 valence electrons. The molecule has 0 atom stereocenters. The highest BCUT2D eigenvalue weighted by atomic mass is 16.7. The van der Waals surface area contributed by atoms with Crippen molar-refractivity contribution in [3.8, 4) is 0 Å². The van der Waals surface area contributed by atoms with E-state index < -0.39 is 0 Å². The van der Waals surface area contributed by atoms with Crippen molar-refractivity contribution < 1.29 is 9.31 Å². The summed E-state index contributed by atoms with van der Waals surface area (Å²) in [6, 6.07) is 8.75. The molecular weight excluding hydrogens is 285 g/mol. The standard InChI is InChI=1S/C19H30BNO2/c1-15-10-12-21(13-11-15)14-16-6-8-17(9-7-16)20-22-18(2,3)19(4,5)23-20/h6-9,15H,10-14H2,1-5H3. The Morgan fingerprint density at radius 1 is 1.00 bits per heavy atom. The summed E-state index contributed by atoms with van der Waals surface area (Å²) in [7, 11) is -0.259. The van der Waals surface area contributed by atoms with Crippen molar-refractivity contribution >= 4 is 12.6 Å². The van der Waals surface area contributed by atoms with Gasteiger partial charge in [-0.25, -0.2) is 0 Å². The van der Waals surface area contributed by atoms with Crippen molar-refractivity contribution in [1.29, 1.82) is 0 Å². The molecule has 2 fully saturated rings. The number of piperidine rings is 1. The van der Waals surface area contributed by atoms with Gasteiger partial charge in [0.2, 0.25) is 0 Å². The first kappa shape index (κ1) is 17.0. The van der Waals surface area contributed by atoms with Crippen molar-refractivity contribution in [1.82, 2.24) is 4.90 Å². The van der Waals surface area contributed by atoms with E-state index >= 15 is 0 Å². The Morgan fingerprint density at radius 2 is 1.52 bits per heavy atom. The zero-order valence-electron chi connectivity index (χ0n) is 15.3. The van der Waals surface area contributed by atoms with Crippen molar-refractivity contribution in [3.63, 3.8) is 0 Å². The smallest absolute Gasteiger partial charge is 0.399 e. The van der Waals surface area contributed by atoms with Crippen LogP contribution in [0.1, 0.15) is 53.0 Å². The molecule has 1 aromatic rings. The van der Waals surface area contributed by atoms with Gasteiger partial charge in [-0.15, -0.1) is 0 Å². The van der Waals surface area contributed by atoms with E-state index in [1.807, 2.05) is 0 Å².